The first-order valence-electron chi connectivity index (χ1n) is 10.0. The van der Waals surface area contributed by atoms with Gasteiger partial charge in [0.15, 0.2) is 0 Å². The minimum Gasteiger partial charge on any atom is -0.462 e. The average molecular weight is 415 g/mol. The van der Waals surface area contributed by atoms with Gasteiger partial charge in [-0.3, -0.25) is 9.69 Å². The molecule has 1 atom stereocenters. The molecule has 1 aliphatic rings. The molecule has 2 aromatic carbocycles. The largest absolute Gasteiger partial charge is 0.462 e. The van der Waals surface area contributed by atoms with Crippen molar-refractivity contribution in [1.82, 2.24) is 4.90 Å². The van der Waals surface area contributed by atoms with Crippen molar-refractivity contribution in [2.24, 2.45) is 5.92 Å². The fourth-order valence-corrected chi connectivity index (χ4v) is 3.81. The monoisotopic (exact) mass is 414 g/mol. The Kier molecular flexibility index (Phi) is 7.29. The number of anilines is 1. The molecule has 29 heavy (non-hydrogen) atoms. The summed E-state index contributed by atoms with van der Waals surface area (Å²) in [5, 5.41) is 3.77. The van der Waals surface area contributed by atoms with Crippen molar-refractivity contribution in [1.29, 1.82) is 0 Å². The van der Waals surface area contributed by atoms with E-state index >= 15 is 0 Å². The summed E-state index contributed by atoms with van der Waals surface area (Å²) in [4.78, 5) is 27.2. The van der Waals surface area contributed by atoms with Gasteiger partial charge in [-0.15, -0.1) is 0 Å². The summed E-state index contributed by atoms with van der Waals surface area (Å²) in [6.45, 7) is 6.37. The number of ether oxygens (including phenoxy) is 1. The minimum atomic E-state index is -0.383. The van der Waals surface area contributed by atoms with E-state index in [0.717, 1.165) is 42.1 Å². The van der Waals surface area contributed by atoms with Crippen LogP contribution in [0, 0.1) is 12.8 Å². The number of benzene rings is 2. The summed E-state index contributed by atoms with van der Waals surface area (Å²) in [7, 11) is 0. The second kappa shape index (κ2) is 9.90. The van der Waals surface area contributed by atoms with Gasteiger partial charge in [-0.05, 0) is 62.6 Å². The molecule has 0 unspecified atom stereocenters. The van der Waals surface area contributed by atoms with Gasteiger partial charge in [0.25, 0.3) is 0 Å². The van der Waals surface area contributed by atoms with Crippen LogP contribution in [0.2, 0.25) is 5.02 Å². The number of nitrogens with one attached hydrogen (secondary N) is 1. The van der Waals surface area contributed by atoms with Crippen molar-refractivity contribution in [3.05, 3.63) is 64.2 Å². The number of rotatable bonds is 6. The molecule has 0 aromatic heterocycles. The summed E-state index contributed by atoms with van der Waals surface area (Å²) in [6, 6.07) is 13.1. The predicted molar refractivity (Wildman–Crippen MR) is 115 cm³/mol. The highest BCUT2D eigenvalue weighted by atomic mass is 35.5. The Bertz CT molecular complexity index is 884. The summed E-state index contributed by atoms with van der Waals surface area (Å²) in [5.74, 6) is -0.499. The molecule has 0 spiro atoms. The van der Waals surface area contributed by atoms with E-state index in [1.54, 1.807) is 19.1 Å². The first-order valence-corrected chi connectivity index (χ1v) is 10.4. The number of amides is 1. The van der Waals surface area contributed by atoms with Gasteiger partial charge in [0.05, 0.1) is 18.1 Å². The topological polar surface area (TPSA) is 58.6 Å². The zero-order chi connectivity index (χ0) is 20.8. The van der Waals surface area contributed by atoms with Gasteiger partial charge in [0.1, 0.15) is 0 Å². The highest BCUT2D eigenvalue weighted by molar-refractivity contribution is 6.31. The highest BCUT2D eigenvalue weighted by Crippen LogP contribution is 2.24. The summed E-state index contributed by atoms with van der Waals surface area (Å²) in [5.41, 5.74) is 3.09. The van der Waals surface area contributed by atoms with Crippen LogP contribution >= 0.6 is 11.6 Å². The minimum absolute atomic E-state index is 0.0158. The molecule has 0 radical (unpaired) electrons. The van der Waals surface area contributed by atoms with Crippen LogP contribution in [-0.4, -0.2) is 36.5 Å². The van der Waals surface area contributed by atoms with Gasteiger partial charge in [-0.1, -0.05) is 35.9 Å². The molecule has 1 aliphatic heterocycles. The SMILES string of the molecule is CCOC(=O)c1ccc(C)c(NC(=O)[C@@H]2CCCN(Cc3ccccc3Cl)C2)c1. The van der Waals surface area contributed by atoms with Crippen molar-refractivity contribution in [3.8, 4) is 0 Å². The van der Waals surface area contributed by atoms with Gasteiger partial charge in [-0.25, -0.2) is 4.79 Å². The molecule has 1 fully saturated rings. The number of hydrogen-bond acceptors (Lipinski definition) is 4. The van der Waals surface area contributed by atoms with Crippen LogP contribution in [0.15, 0.2) is 42.5 Å². The fourth-order valence-electron chi connectivity index (χ4n) is 3.61. The lowest BCUT2D eigenvalue weighted by molar-refractivity contribution is -0.121. The van der Waals surface area contributed by atoms with E-state index in [0.29, 0.717) is 24.4 Å². The number of hydrogen-bond donors (Lipinski definition) is 1. The molecule has 0 saturated carbocycles. The molecule has 0 aliphatic carbocycles. The van der Waals surface area contributed by atoms with Crippen LogP contribution < -0.4 is 5.32 Å². The quantitative estimate of drug-likeness (QED) is 0.697. The molecule has 6 heteroatoms. The predicted octanol–water partition coefficient (Wildman–Crippen LogP) is 4.68. The lowest BCUT2D eigenvalue weighted by Gasteiger charge is -2.32. The second-order valence-corrected chi connectivity index (χ2v) is 7.81. The molecule has 1 heterocycles. The van der Waals surface area contributed by atoms with E-state index in [9.17, 15) is 9.59 Å². The lowest BCUT2D eigenvalue weighted by atomic mass is 9.96. The van der Waals surface area contributed by atoms with Crippen LogP contribution in [0.1, 0.15) is 41.3 Å². The van der Waals surface area contributed by atoms with Gasteiger partial charge < -0.3 is 10.1 Å². The van der Waals surface area contributed by atoms with Crippen molar-refractivity contribution < 1.29 is 14.3 Å². The number of halogens is 1. The molecular weight excluding hydrogens is 388 g/mol. The molecule has 5 nitrogen and oxygen atoms in total. The van der Waals surface area contributed by atoms with E-state index in [1.165, 1.54) is 0 Å². The number of piperidine rings is 1. The number of carbonyl (C=O) groups excluding carboxylic acids is 2. The molecular formula is C23H27ClN2O3. The molecule has 154 valence electrons. The third-order valence-electron chi connectivity index (χ3n) is 5.23. The van der Waals surface area contributed by atoms with Gasteiger partial charge >= 0.3 is 5.97 Å². The van der Waals surface area contributed by atoms with Gasteiger partial charge in [0, 0.05) is 23.8 Å². The maximum atomic E-state index is 12.9. The third-order valence-corrected chi connectivity index (χ3v) is 5.60. The Morgan fingerprint density at radius 3 is 2.79 bits per heavy atom. The number of aryl methyl sites for hydroxylation is 1. The van der Waals surface area contributed by atoms with Crippen LogP contribution in [0.3, 0.4) is 0 Å². The van der Waals surface area contributed by atoms with Crippen molar-refractivity contribution in [2.45, 2.75) is 33.2 Å². The zero-order valence-electron chi connectivity index (χ0n) is 16.9. The maximum Gasteiger partial charge on any atom is 0.338 e. The van der Waals surface area contributed by atoms with Crippen LogP contribution in [-0.2, 0) is 16.1 Å². The summed E-state index contributed by atoms with van der Waals surface area (Å²) in [6.07, 6.45) is 1.81. The standard InChI is InChI=1S/C23H27ClN2O3/c1-3-29-23(28)17-11-10-16(2)21(13-17)25-22(27)19-8-6-12-26(15-19)14-18-7-4-5-9-20(18)24/h4-5,7,9-11,13,19H,3,6,8,12,14-15H2,1-2H3,(H,25,27)/t19-/m1/s1. The van der Waals surface area contributed by atoms with E-state index in [-0.39, 0.29) is 17.8 Å². The lowest BCUT2D eigenvalue weighted by Crippen LogP contribution is -2.40. The molecule has 1 saturated heterocycles. The Morgan fingerprint density at radius 2 is 2.03 bits per heavy atom. The molecule has 0 bridgehead atoms. The smallest absolute Gasteiger partial charge is 0.338 e. The summed E-state index contributed by atoms with van der Waals surface area (Å²) < 4.78 is 5.06. The van der Waals surface area contributed by atoms with Gasteiger partial charge in [0.2, 0.25) is 5.91 Å². The Hall–Kier alpha value is -2.37. The third kappa shape index (κ3) is 5.58. The van der Waals surface area contributed by atoms with Gasteiger partial charge in [-0.2, -0.15) is 0 Å². The first kappa shape index (κ1) is 21.3. The maximum absolute atomic E-state index is 12.9. The summed E-state index contributed by atoms with van der Waals surface area (Å²) >= 11 is 6.29. The van der Waals surface area contributed by atoms with Crippen molar-refractivity contribution >= 4 is 29.2 Å². The second-order valence-electron chi connectivity index (χ2n) is 7.41. The number of esters is 1. The Balaban J connectivity index is 1.65. The number of carbonyl (C=O) groups is 2. The average Bonchev–Trinajstić information content (AvgIpc) is 2.71. The van der Waals surface area contributed by atoms with Crippen LogP contribution in [0.4, 0.5) is 5.69 Å². The molecule has 2 aromatic rings. The first-order chi connectivity index (χ1) is 14.0. The van der Waals surface area contributed by atoms with Crippen molar-refractivity contribution in [3.63, 3.8) is 0 Å². The molecule has 3 rings (SSSR count). The Morgan fingerprint density at radius 1 is 1.24 bits per heavy atom. The number of likely N-dealkylation sites (tertiary alicyclic amines) is 1. The van der Waals surface area contributed by atoms with E-state index in [2.05, 4.69) is 10.2 Å². The fraction of sp³-hybridized carbons (Fsp3) is 0.391. The normalized spacial score (nSPS) is 17.0. The van der Waals surface area contributed by atoms with E-state index < -0.39 is 0 Å². The van der Waals surface area contributed by atoms with Crippen molar-refractivity contribution in [2.75, 3.05) is 25.0 Å². The zero-order valence-corrected chi connectivity index (χ0v) is 17.7. The van der Waals surface area contributed by atoms with E-state index in [4.69, 9.17) is 16.3 Å². The number of nitrogens with zero attached hydrogens (tertiary/aromatic N) is 1. The van der Waals surface area contributed by atoms with E-state index in [1.807, 2.05) is 37.3 Å². The van der Waals surface area contributed by atoms with Crippen LogP contribution in [0.25, 0.3) is 0 Å². The molecule has 1 amide bonds. The Labute approximate surface area is 177 Å². The van der Waals surface area contributed by atoms with Crippen LogP contribution in [0.5, 0.6) is 0 Å². The highest BCUT2D eigenvalue weighted by Gasteiger charge is 2.26. The molecule has 1 N–H and O–H groups in total.